The fraction of sp³-hybridized carbons (Fsp3) is 0.273. The monoisotopic (exact) mass is 509 g/mol. The third kappa shape index (κ3) is 6.60. The zero-order valence-corrected chi connectivity index (χ0v) is 23.8. The Kier molecular flexibility index (Phi) is 9.30. The van der Waals surface area contributed by atoms with Crippen LogP contribution < -0.4 is 9.64 Å². The molecular formula is C33H39N3O2. The molecule has 0 spiro atoms. The summed E-state index contributed by atoms with van der Waals surface area (Å²) in [7, 11) is 1.76. The van der Waals surface area contributed by atoms with Gasteiger partial charge in [-0.1, -0.05) is 81.0 Å². The average molecular weight is 510 g/mol. The van der Waals surface area contributed by atoms with Crippen molar-refractivity contribution in [2.45, 2.75) is 48.0 Å². The molecular weight excluding hydrogens is 470 g/mol. The Bertz CT molecular complexity index is 1390. The third-order valence-electron chi connectivity index (χ3n) is 6.07. The van der Waals surface area contributed by atoms with Gasteiger partial charge >= 0.3 is 0 Å². The lowest BCUT2D eigenvalue weighted by molar-refractivity contribution is -0.118. The number of carbonyl (C=O) groups is 1. The second-order valence-corrected chi connectivity index (χ2v) is 9.79. The number of ether oxygens (including phenoxy) is 1. The van der Waals surface area contributed by atoms with E-state index in [0.29, 0.717) is 17.2 Å². The zero-order chi connectivity index (χ0) is 28.0. The van der Waals surface area contributed by atoms with Crippen LogP contribution in [0.3, 0.4) is 0 Å². The van der Waals surface area contributed by atoms with Crippen LogP contribution in [0, 0.1) is 20.8 Å². The Labute approximate surface area is 227 Å². The van der Waals surface area contributed by atoms with Crippen LogP contribution in [0.4, 0.5) is 5.69 Å². The van der Waals surface area contributed by atoms with Gasteiger partial charge in [-0.3, -0.25) is 9.80 Å². The van der Waals surface area contributed by atoms with Gasteiger partial charge in [0.25, 0.3) is 0 Å². The molecule has 5 heteroatoms. The summed E-state index contributed by atoms with van der Waals surface area (Å²) in [6.45, 7) is 20.3. The van der Waals surface area contributed by atoms with E-state index in [-0.39, 0.29) is 12.5 Å². The minimum atomic E-state index is -0.111. The maximum atomic E-state index is 13.4. The van der Waals surface area contributed by atoms with Crippen molar-refractivity contribution >= 4 is 23.0 Å². The Hall–Kier alpha value is -4.12. The molecule has 0 radical (unpaired) electrons. The van der Waals surface area contributed by atoms with Crippen LogP contribution in [0.1, 0.15) is 60.6 Å². The number of allylic oxidation sites excluding steroid dienone is 1. The number of hydrogen-bond donors (Lipinski definition) is 0. The second kappa shape index (κ2) is 12.4. The van der Waals surface area contributed by atoms with Crippen LogP contribution in [-0.2, 0) is 4.79 Å². The minimum absolute atomic E-state index is 0.0581. The molecule has 1 amide bonds. The summed E-state index contributed by atoms with van der Waals surface area (Å²) >= 11 is 0. The predicted molar refractivity (Wildman–Crippen MR) is 160 cm³/mol. The molecule has 1 aliphatic rings. The van der Waals surface area contributed by atoms with Crippen molar-refractivity contribution in [1.82, 2.24) is 5.01 Å². The van der Waals surface area contributed by atoms with E-state index in [0.717, 1.165) is 44.8 Å². The summed E-state index contributed by atoms with van der Waals surface area (Å²) in [6.07, 6.45) is 1.25. The van der Waals surface area contributed by atoms with E-state index in [9.17, 15) is 4.79 Å². The van der Waals surface area contributed by atoms with Crippen molar-refractivity contribution in [2.24, 2.45) is 5.10 Å². The summed E-state index contributed by atoms with van der Waals surface area (Å²) in [5.41, 5.74) is 8.54. The average Bonchev–Trinajstić information content (AvgIpc) is 2.87. The van der Waals surface area contributed by atoms with Gasteiger partial charge < -0.3 is 9.64 Å². The number of aryl methyl sites for hydroxylation is 3. The number of benzene rings is 3. The largest absolute Gasteiger partial charge is 0.462 e. The molecule has 1 aliphatic heterocycles. The number of anilines is 1. The van der Waals surface area contributed by atoms with E-state index < -0.39 is 0 Å². The highest BCUT2D eigenvalue weighted by Crippen LogP contribution is 2.32. The molecule has 0 aromatic heterocycles. The fourth-order valence-corrected chi connectivity index (χ4v) is 4.09. The standard InChI is InChI=1S/C30H31N3O2.C3H8/c1-19(2)35-28-17-25(13-12-22(28)5)32(7)29(34)18-33-23(6)27-16-21(4)11-14-26(27)30(31-33)24-10-8-9-20(3)15-24;1-3-2/h8-17H,1,6,18H2,2-5,7H3;3H2,1-2H3. The van der Waals surface area contributed by atoms with Gasteiger partial charge in [0.2, 0.25) is 5.91 Å². The van der Waals surface area contributed by atoms with Crippen molar-refractivity contribution in [1.29, 1.82) is 0 Å². The molecule has 0 atom stereocenters. The first-order chi connectivity index (χ1) is 18.0. The molecule has 0 fully saturated rings. The molecule has 198 valence electrons. The molecule has 0 N–H and O–H groups in total. The molecule has 4 rings (SSSR count). The zero-order valence-electron chi connectivity index (χ0n) is 23.8. The smallest absolute Gasteiger partial charge is 0.248 e. The first-order valence-electron chi connectivity index (χ1n) is 13.0. The molecule has 5 nitrogen and oxygen atoms in total. The number of likely N-dealkylation sites (N-methyl/N-ethyl adjacent to an activating group) is 1. The van der Waals surface area contributed by atoms with Crippen molar-refractivity contribution in [3.05, 3.63) is 113 Å². The van der Waals surface area contributed by atoms with E-state index in [1.807, 2.05) is 37.3 Å². The van der Waals surface area contributed by atoms with Gasteiger partial charge in [0.05, 0.1) is 17.2 Å². The van der Waals surface area contributed by atoms with Gasteiger partial charge in [-0.05, 0) is 51.5 Å². The maximum absolute atomic E-state index is 13.4. The number of carbonyl (C=O) groups excluding carboxylic acids is 1. The Morgan fingerprint density at radius 2 is 1.66 bits per heavy atom. The van der Waals surface area contributed by atoms with Gasteiger partial charge in [0, 0.05) is 35.5 Å². The van der Waals surface area contributed by atoms with Gasteiger partial charge in [-0.15, -0.1) is 0 Å². The maximum Gasteiger partial charge on any atom is 0.248 e. The molecule has 0 unspecified atom stereocenters. The molecule has 0 saturated heterocycles. The summed E-state index contributed by atoms with van der Waals surface area (Å²) < 4.78 is 5.73. The summed E-state index contributed by atoms with van der Waals surface area (Å²) in [4.78, 5) is 15.0. The van der Waals surface area contributed by atoms with Crippen LogP contribution in [0.25, 0.3) is 5.70 Å². The van der Waals surface area contributed by atoms with Crippen molar-refractivity contribution in [2.75, 3.05) is 18.5 Å². The van der Waals surface area contributed by atoms with Gasteiger partial charge in [0.15, 0.2) is 0 Å². The molecule has 38 heavy (non-hydrogen) atoms. The Balaban J connectivity index is 0.00000127. The first kappa shape index (κ1) is 28.5. The van der Waals surface area contributed by atoms with E-state index >= 15 is 0 Å². The van der Waals surface area contributed by atoms with Crippen LogP contribution in [0.15, 0.2) is 84.7 Å². The molecule has 0 bridgehead atoms. The lowest BCUT2D eigenvalue weighted by atomic mass is 9.92. The lowest BCUT2D eigenvalue weighted by Crippen LogP contribution is -2.37. The number of nitrogens with zero attached hydrogens (tertiary/aromatic N) is 3. The van der Waals surface area contributed by atoms with E-state index in [4.69, 9.17) is 9.84 Å². The highest BCUT2D eigenvalue weighted by molar-refractivity contribution is 6.16. The van der Waals surface area contributed by atoms with Crippen LogP contribution in [0.2, 0.25) is 0 Å². The van der Waals surface area contributed by atoms with E-state index in [2.05, 4.69) is 71.2 Å². The lowest BCUT2D eigenvalue weighted by Gasteiger charge is -2.31. The summed E-state index contributed by atoms with van der Waals surface area (Å²) in [5, 5.41) is 6.61. The van der Waals surface area contributed by atoms with E-state index in [1.165, 1.54) is 6.42 Å². The van der Waals surface area contributed by atoms with Crippen molar-refractivity contribution < 1.29 is 9.53 Å². The second-order valence-electron chi connectivity index (χ2n) is 9.79. The van der Waals surface area contributed by atoms with Gasteiger partial charge in [0.1, 0.15) is 12.3 Å². The van der Waals surface area contributed by atoms with Crippen LogP contribution >= 0.6 is 0 Å². The molecule has 3 aromatic rings. The predicted octanol–water partition coefficient (Wildman–Crippen LogP) is 7.64. The van der Waals surface area contributed by atoms with Crippen molar-refractivity contribution in [3.63, 3.8) is 0 Å². The van der Waals surface area contributed by atoms with Gasteiger partial charge in [-0.2, -0.15) is 5.10 Å². The number of amides is 1. The fourth-order valence-electron chi connectivity index (χ4n) is 4.09. The number of fused-ring (bicyclic) bond motifs is 1. The van der Waals surface area contributed by atoms with Crippen molar-refractivity contribution in [3.8, 4) is 5.75 Å². The normalized spacial score (nSPS) is 12.1. The SMILES string of the molecule is C=C(C)Oc1cc(N(C)C(=O)CN2N=C(c3cccc(C)c3)c3ccc(C)cc3C2=C)ccc1C.CCC. The Morgan fingerprint density at radius 3 is 2.32 bits per heavy atom. The van der Waals surface area contributed by atoms with Gasteiger partial charge in [-0.25, -0.2) is 0 Å². The molecule has 1 heterocycles. The topological polar surface area (TPSA) is 45.1 Å². The summed E-state index contributed by atoms with van der Waals surface area (Å²) in [6, 6.07) is 20.2. The quantitative estimate of drug-likeness (QED) is 0.321. The van der Waals surface area contributed by atoms with Crippen LogP contribution in [-0.4, -0.2) is 30.2 Å². The number of rotatable bonds is 6. The molecule has 0 aliphatic carbocycles. The number of hydrazone groups is 1. The molecule has 3 aromatic carbocycles. The summed E-state index contributed by atoms with van der Waals surface area (Å²) in [5.74, 6) is 1.16. The molecule has 0 saturated carbocycles. The minimum Gasteiger partial charge on any atom is -0.462 e. The Morgan fingerprint density at radius 1 is 0.974 bits per heavy atom. The highest BCUT2D eigenvalue weighted by atomic mass is 16.5. The third-order valence-corrected chi connectivity index (χ3v) is 6.07. The first-order valence-corrected chi connectivity index (χ1v) is 13.0. The highest BCUT2D eigenvalue weighted by Gasteiger charge is 2.26. The van der Waals surface area contributed by atoms with E-state index in [1.54, 1.807) is 23.9 Å². The van der Waals surface area contributed by atoms with Crippen LogP contribution in [0.5, 0.6) is 5.75 Å². The number of hydrogen-bond acceptors (Lipinski definition) is 4.